The zero-order valence-corrected chi connectivity index (χ0v) is 16.9. The fourth-order valence-electron chi connectivity index (χ4n) is 4.42. The van der Waals surface area contributed by atoms with Gasteiger partial charge in [-0.05, 0) is 50.4 Å². The van der Waals surface area contributed by atoms with E-state index in [0.29, 0.717) is 17.9 Å². The minimum Gasteiger partial charge on any atom is -0.435 e. The number of halogens is 3. The van der Waals surface area contributed by atoms with Crippen molar-refractivity contribution in [1.29, 1.82) is 0 Å². The third kappa shape index (κ3) is 3.81. The number of carbonyl (C=O) groups is 1. The van der Waals surface area contributed by atoms with Gasteiger partial charge in [0.2, 0.25) is 11.9 Å². The lowest BCUT2D eigenvalue weighted by Gasteiger charge is -2.41. The molecule has 5 nitrogen and oxygen atoms in total. The number of amides is 1. The van der Waals surface area contributed by atoms with Crippen molar-refractivity contribution in [2.75, 3.05) is 5.32 Å². The lowest BCUT2D eigenvalue weighted by molar-refractivity contribution is -0.118. The number of benzene rings is 1. The van der Waals surface area contributed by atoms with Gasteiger partial charge in [-0.1, -0.05) is 13.8 Å². The van der Waals surface area contributed by atoms with E-state index in [1.165, 1.54) is 6.07 Å². The molecule has 0 atom stereocenters. The van der Waals surface area contributed by atoms with E-state index in [9.17, 15) is 18.0 Å². The third-order valence-corrected chi connectivity index (χ3v) is 6.43. The minimum atomic E-state index is -3.05. The molecule has 0 saturated heterocycles. The summed E-state index contributed by atoms with van der Waals surface area (Å²) in [5.41, 5.74) is -0.0829. The van der Waals surface area contributed by atoms with Crippen molar-refractivity contribution in [2.24, 2.45) is 11.3 Å². The molecule has 0 unspecified atom stereocenters. The number of alkyl halides is 2. The van der Waals surface area contributed by atoms with Crippen LogP contribution in [0.15, 0.2) is 12.1 Å². The van der Waals surface area contributed by atoms with Crippen molar-refractivity contribution >= 4 is 22.9 Å². The number of anilines is 1. The third-order valence-electron chi connectivity index (χ3n) is 6.43. The summed E-state index contributed by atoms with van der Waals surface area (Å²) in [6.07, 6.45) is 5.27. The van der Waals surface area contributed by atoms with E-state index in [-0.39, 0.29) is 34.1 Å². The highest BCUT2D eigenvalue weighted by Crippen LogP contribution is 2.48. The van der Waals surface area contributed by atoms with Gasteiger partial charge in [-0.2, -0.15) is 8.78 Å². The second-order valence-corrected chi connectivity index (χ2v) is 9.26. The van der Waals surface area contributed by atoms with Gasteiger partial charge in [0.05, 0.1) is 5.52 Å². The largest absolute Gasteiger partial charge is 0.435 e. The molecular weight excluding hydrogens is 383 g/mol. The molecule has 4 rings (SSSR count). The first-order valence-electron chi connectivity index (χ1n) is 10.1. The van der Waals surface area contributed by atoms with E-state index in [2.05, 4.69) is 28.9 Å². The summed E-state index contributed by atoms with van der Waals surface area (Å²) in [6.45, 7) is 3.11. The van der Waals surface area contributed by atoms with Crippen molar-refractivity contribution in [2.45, 2.75) is 71.4 Å². The number of aromatic nitrogens is 2. The average molecular weight is 409 g/mol. The monoisotopic (exact) mass is 409 g/mol. The average Bonchev–Trinajstić information content (AvgIpc) is 3.36. The van der Waals surface area contributed by atoms with Crippen LogP contribution < -0.4 is 10.1 Å². The number of ether oxygens (including phenoxy) is 1. The van der Waals surface area contributed by atoms with Gasteiger partial charge in [0.1, 0.15) is 11.3 Å². The Morgan fingerprint density at radius 2 is 2.07 bits per heavy atom. The molecular formula is C21H26F3N3O2. The Balaban J connectivity index is 1.71. The molecule has 0 radical (unpaired) electrons. The van der Waals surface area contributed by atoms with E-state index in [1.807, 2.05) is 6.92 Å². The van der Waals surface area contributed by atoms with Crippen molar-refractivity contribution < 1.29 is 22.7 Å². The normalized spacial score (nSPS) is 18.7. The van der Waals surface area contributed by atoms with Gasteiger partial charge in [0.15, 0.2) is 5.82 Å². The van der Waals surface area contributed by atoms with Crippen LogP contribution in [0, 0.1) is 17.2 Å². The van der Waals surface area contributed by atoms with E-state index < -0.39 is 12.4 Å². The van der Waals surface area contributed by atoms with Crippen LogP contribution in [0.4, 0.5) is 19.1 Å². The van der Waals surface area contributed by atoms with Crippen LogP contribution in [-0.2, 0) is 10.3 Å². The second kappa shape index (κ2) is 6.92. The molecule has 0 bridgehead atoms. The first-order chi connectivity index (χ1) is 13.6. The summed E-state index contributed by atoms with van der Waals surface area (Å²) >= 11 is 0. The van der Waals surface area contributed by atoms with E-state index in [0.717, 1.165) is 38.2 Å². The van der Waals surface area contributed by atoms with E-state index >= 15 is 0 Å². The fraction of sp³-hybridized carbons (Fsp3) is 0.619. The molecule has 2 aromatic rings. The number of hydrogen-bond acceptors (Lipinski definition) is 3. The van der Waals surface area contributed by atoms with Crippen LogP contribution in [0.3, 0.4) is 0 Å². The van der Waals surface area contributed by atoms with Crippen molar-refractivity contribution in [3.05, 3.63) is 17.9 Å². The summed E-state index contributed by atoms with van der Waals surface area (Å²) < 4.78 is 46.1. The van der Waals surface area contributed by atoms with E-state index in [4.69, 9.17) is 0 Å². The van der Waals surface area contributed by atoms with Crippen molar-refractivity contribution in [3.63, 3.8) is 0 Å². The molecule has 1 aromatic heterocycles. The Labute approximate surface area is 167 Å². The second-order valence-electron chi connectivity index (χ2n) is 9.26. The number of nitrogens with one attached hydrogen (secondary N) is 1. The van der Waals surface area contributed by atoms with Crippen LogP contribution in [0.25, 0.3) is 11.0 Å². The van der Waals surface area contributed by atoms with Gasteiger partial charge < -0.3 is 9.30 Å². The lowest BCUT2D eigenvalue weighted by Crippen LogP contribution is -2.38. The molecule has 0 spiro atoms. The highest BCUT2D eigenvalue weighted by Gasteiger charge is 2.40. The Hall–Kier alpha value is -2.25. The maximum absolute atomic E-state index is 14.6. The molecule has 2 aliphatic rings. The summed E-state index contributed by atoms with van der Waals surface area (Å²) in [4.78, 5) is 17.1. The Morgan fingerprint density at radius 3 is 2.62 bits per heavy atom. The molecule has 0 aliphatic heterocycles. The predicted octanol–water partition coefficient (Wildman–Crippen LogP) is 5.44. The van der Waals surface area contributed by atoms with Crippen LogP contribution in [0.5, 0.6) is 5.75 Å². The van der Waals surface area contributed by atoms with Crippen molar-refractivity contribution in [1.82, 2.24) is 9.55 Å². The van der Waals surface area contributed by atoms with Crippen LogP contribution in [0.2, 0.25) is 0 Å². The van der Waals surface area contributed by atoms with Gasteiger partial charge in [0.25, 0.3) is 0 Å². The molecule has 1 heterocycles. The van der Waals surface area contributed by atoms with Gasteiger partial charge in [-0.15, -0.1) is 0 Å². The van der Waals surface area contributed by atoms with Gasteiger partial charge in [0, 0.05) is 24.1 Å². The minimum absolute atomic E-state index is 0.0384. The summed E-state index contributed by atoms with van der Waals surface area (Å²) in [5.74, 6) is -0.393. The zero-order chi connectivity index (χ0) is 21.0. The van der Waals surface area contributed by atoms with Crippen molar-refractivity contribution in [3.8, 4) is 5.75 Å². The number of fused-ring (bicyclic) bond motifs is 1. The van der Waals surface area contributed by atoms with Gasteiger partial charge in [-0.3, -0.25) is 10.1 Å². The zero-order valence-electron chi connectivity index (χ0n) is 16.9. The summed E-state index contributed by atoms with van der Waals surface area (Å²) in [5, 5.41) is 2.86. The van der Waals surface area contributed by atoms with Gasteiger partial charge >= 0.3 is 6.61 Å². The molecule has 2 fully saturated rings. The molecule has 1 aromatic carbocycles. The molecule has 8 heteroatoms. The summed E-state index contributed by atoms with van der Waals surface area (Å²) in [7, 11) is 0. The SMILES string of the molecule is CC(C)(CC(=O)Nc1nc2c(F)cc(OC(F)F)cc2n1C1(C)CCC1)C1CC1. The number of carbonyl (C=O) groups excluding carboxylic acids is 1. The predicted molar refractivity (Wildman–Crippen MR) is 104 cm³/mol. The molecule has 2 saturated carbocycles. The smallest absolute Gasteiger partial charge is 0.387 e. The quantitative estimate of drug-likeness (QED) is 0.662. The first-order valence-corrected chi connectivity index (χ1v) is 10.1. The van der Waals surface area contributed by atoms with Crippen LogP contribution in [0.1, 0.15) is 59.3 Å². The fourth-order valence-corrected chi connectivity index (χ4v) is 4.42. The molecule has 1 amide bonds. The first kappa shape index (κ1) is 20.0. The number of nitrogens with zero attached hydrogens (tertiary/aromatic N) is 2. The maximum atomic E-state index is 14.6. The highest BCUT2D eigenvalue weighted by molar-refractivity contribution is 5.92. The van der Waals surface area contributed by atoms with Crippen LogP contribution >= 0.6 is 0 Å². The number of rotatable bonds is 7. The van der Waals surface area contributed by atoms with E-state index in [1.54, 1.807) is 4.57 Å². The Morgan fingerprint density at radius 1 is 1.38 bits per heavy atom. The summed E-state index contributed by atoms with van der Waals surface area (Å²) in [6, 6.07) is 2.27. The van der Waals surface area contributed by atoms with Crippen LogP contribution in [-0.4, -0.2) is 22.1 Å². The molecule has 158 valence electrons. The number of hydrogen-bond donors (Lipinski definition) is 1. The standard InChI is InChI=1S/C21H26F3N3O2/c1-20(2,12-5-6-12)11-16(28)25-19-26-17-14(22)9-13(29-18(23)24)10-15(17)27(19)21(3)7-4-8-21/h9-10,12,18H,4-8,11H2,1-3H3,(H,25,26,28). The topological polar surface area (TPSA) is 56.1 Å². The highest BCUT2D eigenvalue weighted by atomic mass is 19.3. The Kier molecular flexibility index (Phi) is 4.78. The van der Waals surface area contributed by atoms with Gasteiger partial charge in [-0.25, -0.2) is 9.37 Å². The molecule has 29 heavy (non-hydrogen) atoms. The Bertz CT molecular complexity index is 946. The maximum Gasteiger partial charge on any atom is 0.387 e. The lowest BCUT2D eigenvalue weighted by atomic mass is 9.78. The molecule has 1 N–H and O–H groups in total. The molecule has 2 aliphatic carbocycles. The number of imidazole rings is 1.